The Bertz CT molecular complexity index is 1360. The quantitative estimate of drug-likeness (QED) is 0.223. The summed E-state index contributed by atoms with van der Waals surface area (Å²) in [5.41, 5.74) is 2.98. The van der Waals surface area contributed by atoms with Crippen LogP contribution in [-0.4, -0.2) is 53.6 Å². The molecule has 1 aliphatic rings. The number of benzene rings is 3. The highest BCUT2D eigenvalue weighted by molar-refractivity contribution is 5.86. The Labute approximate surface area is 266 Å². The van der Waals surface area contributed by atoms with Crippen LogP contribution in [0.5, 0.6) is 5.75 Å². The number of nitrogens with zero attached hydrogens (tertiary/aromatic N) is 1. The van der Waals surface area contributed by atoms with Crippen LogP contribution in [-0.2, 0) is 38.7 Å². The Hall–Kier alpha value is -4.43. The van der Waals surface area contributed by atoms with Crippen molar-refractivity contribution in [2.24, 2.45) is 5.92 Å². The zero-order chi connectivity index (χ0) is 31.7. The summed E-state index contributed by atoms with van der Waals surface area (Å²) < 4.78 is 11.5. The summed E-state index contributed by atoms with van der Waals surface area (Å²) >= 11 is 0. The van der Waals surface area contributed by atoms with Gasteiger partial charge in [0.25, 0.3) is 0 Å². The minimum absolute atomic E-state index is 0.00294. The lowest BCUT2D eigenvalue weighted by Crippen LogP contribution is -2.44. The van der Waals surface area contributed by atoms with Gasteiger partial charge in [0.15, 0.2) is 0 Å². The first kappa shape index (κ1) is 33.5. The molecule has 0 aromatic heterocycles. The Morgan fingerprint density at radius 1 is 0.889 bits per heavy atom. The number of cyclic esters (lactones) is 1. The minimum Gasteiger partial charge on any atom is -0.489 e. The Morgan fingerprint density at radius 2 is 1.60 bits per heavy atom. The predicted octanol–water partition coefficient (Wildman–Crippen LogP) is 5.38. The molecule has 238 valence electrons. The van der Waals surface area contributed by atoms with Gasteiger partial charge < -0.3 is 24.8 Å². The van der Waals surface area contributed by atoms with E-state index in [9.17, 15) is 19.5 Å². The molecule has 0 radical (unpaired) electrons. The van der Waals surface area contributed by atoms with E-state index >= 15 is 0 Å². The molecule has 0 saturated carbocycles. The number of ether oxygens (including phenoxy) is 2. The second-order valence-electron chi connectivity index (χ2n) is 11.4. The summed E-state index contributed by atoms with van der Waals surface area (Å²) in [6, 6.07) is 26.7. The van der Waals surface area contributed by atoms with Gasteiger partial charge >= 0.3 is 5.97 Å². The summed E-state index contributed by atoms with van der Waals surface area (Å²) in [7, 11) is 0. The Kier molecular flexibility index (Phi) is 13.7. The van der Waals surface area contributed by atoms with Crippen molar-refractivity contribution in [3.05, 3.63) is 114 Å². The Morgan fingerprint density at radius 3 is 2.31 bits per heavy atom. The predicted molar refractivity (Wildman–Crippen MR) is 173 cm³/mol. The summed E-state index contributed by atoms with van der Waals surface area (Å²) in [5.74, 6) is -0.626. The number of aliphatic hydroxyl groups is 1. The maximum absolute atomic E-state index is 13.7. The zero-order valence-corrected chi connectivity index (χ0v) is 25.8. The molecule has 0 aliphatic carbocycles. The summed E-state index contributed by atoms with van der Waals surface area (Å²) in [6.07, 6.45) is 7.51. The number of rotatable bonds is 11. The lowest BCUT2D eigenvalue weighted by Gasteiger charge is -2.26. The molecule has 4 rings (SSSR count). The molecule has 3 aromatic carbocycles. The molecule has 8 heteroatoms. The highest BCUT2D eigenvalue weighted by Gasteiger charge is 2.27. The van der Waals surface area contributed by atoms with Gasteiger partial charge in [0.1, 0.15) is 19.0 Å². The van der Waals surface area contributed by atoms with E-state index in [1.54, 1.807) is 4.90 Å². The SMILES string of the molecule is O=C1CCCCC=CC[C@H](CC(=O)N(CCO)Cc2ccccc2)C(=O)N[C@@H](Cc2ccc(OCc3ccccc3)cc2)CO1. The number of carbonyl (C=O) groups excluding carboxylic acids is 3. The maximum Gasteiger partial charge on any atom is 0.305 e. The van der Waals surface area contributed by atoms with Crippen LogP contribution in [0.4, 0.5) is 0 Å². The average molecular weight is 613 g/mol. The van der Waals surface area contributed by atoms with Crippen LogP contribution < -0.4 is 10.1 Å². The van der Waals surface area contributed by atoms with Gasteiger partial charge in [-0.25, -0.2) is 0 Å². The van der Waals surface area contributed by atoms with Gasteiger partial charge in [0.2, 0.25) is 11.8 Å². The van der Waals surface area contributed by atoms with Crippen molar-refractivity contribution in [3.8, 4) is 5.75 Å². The van der Waals surface area contributed by atoms with Gasteiger partial charge in [0, 0.05) is 25.9 Å². The molecule has 0 fully saturated rings. The van der Waals surface area contributed by atoms with Crippen LogP contribution in [0.1, 0.15) is 55.2 Å². The number of nitrogens with one attached hydrogen (secondary N) is 1. The third kappa shape index (κ3) is 11.9. The lowest BCUT2D eigenvalue weighted by atomic mass is 9.97. The summed E-state index contributed by atoms with van der Waals surface area (Å²) in [4.78, 5) is 41.2. The number of amides is 2. The summed E-state index contributed by atoms with van der Waals surface area (Å²) in [6.45, 7) is 0.872. The molecule has 2 atom stereocenters. The highest BCUT2D eigenvalue weighted by atomic mass is 16.5. The largest absolute Gasteiger partial charge is 0.489 e. The first-order valence-corrected chi connectivity index (χ1v) is 15.8. The van der Waals surface area contributed by atoms with Crippen molar-refractivity contribution in [2.75, 3.05) is 19.8 Å². The molecule has 1 aliphatic heterocycles. The van der Waals surface area contributed by atoms with Crippen LogP contribution >= 0.6 is 0 Å². The first-order valence-electron chi connectivity index (χ1n) is 15.8. The van der Waals surface area contributed by atoms with Crippen molar-refractivity contribution in [1.29, 1.82) is 0 Å². The molecule has 8 nitrogen and oxygen atoms in total. The van der Waals surface area contributed by atoms with E-state index in [4.69, 9.17) is 9.47 Å². The monoisotopic (exact) mass is 612 g/mol. The van der Waals surface area contributed by atoms with Crippen LogP contribution in [0, 0.1) is 5.92 Å². The molecule has 0 unspecified atom stereocenters. The molecule has 0 bridgehead atoms. The van der Waals surface area contributed by atoms with E-state index in [1.807, 2.05) is 97.1 Å². The fourth-order valence-corrected chi connectivity index (χ4v) is 5.23. The van der Waals surface area contributed by atoms with E-state index in [0.29, 0.717) is 32.4 Å². The number of allylic oxidation sites excluding steroid dienone is 2. The van der Waals surface area contributed by atoms with E-state index in [-0.39, 0.29) is 44.0 Å². The minimum atomic E-state index is -0.611. The second kappa shape index (κ2) is 18.4. The van der Waals surface area contributed by atoms with E-state index in [1.165, 1.54) is 0 Å². The third-order valence-corrected chi connectivity index (χ3v) is 7.77. The number of aliphatic hydroxyl groups excluding tert-OH is 1. The first-order chi connectivity index (χ1) is 22.0. The molecule has 1 heterocycles. The second-order valence-corrected chi connectivity index (χ2v) is 11.4. The van der Waals surface area contributed by atoms with E-state index in [0.717, 1.165) is 41.7 Å². The van der Waals surface area contributed by atoms with E-state index < -0.39 is 12.0 Å². The van der Waals surface area contributed by atoms with Gasteiger partial charge in [-0.3, -0.25) is 14.4 Å². The molecular formula is C37H44N2O6. The normalized spacial score (nSPS) is 17.9. The molecule has 2 N–H and O–H groups in total. The number of hydrogen-bond acceptors (Lipinski definition) is 6. The summed E-state index contributed by atoms with van der Waals surface area (Å²) in [5, 5.41) is 12.7. The standard InChI is InChI=1S/C37H44N2O6/c40-23-22-39(26-30-12-6-4-7-13-30)35(41)25-32-16-10-2-1-3-11-17-36(42)45-28-33(38-37(32)43)24-29-18-20-34(21-19-29)44-27-31-14-8-5-9-15-31/h2,4-10,12-15,18-21,32-33,40H,1,3,11,16-17,22-28H2,(H,38,43)/t32-,33+/m1/s1. The van der Waals surface area contributed by atoms with Crippen molar-refractivity contribution >= 4 is 17.8 Å². The maximum atomic E-state index is 13.7. The van der Waals surface area contributed by atoms with Crippen molar-refractivity contribution in [1.82, 2.24) is 10.2 Å². The van der Waals surface area contributed by atoms with Crippen LogP contribution in [0.25, 0.3) is 0 Å². The van der Waals surface area contributed by atoms with Gasteiger partial charge in [-0.2, -0.15) is 0 Å². The Balaban J connectivity index is 1.44. The smallest absolute Gasteiger partial charge is 0.305 e. The van der Waals surface area contributed by atoms with Gasteiger partial charge in [-0.15, -0.1) is 0 Å². The van der Waals surface area contributed by atoms with Gasteiger partial charge in [-0.1, -0.05) is 84.9 Å². The molecule has 2 amide bonds. The molecule has 0 spiro atoms. The van der Waals surface area contributed by atoms with Crippen LogP contribution in [0.15, 0.2) is 97.1 Å². The van der Waals surface area contributed by atoms with Crippen LogP contribution in [0.3, 0.4) is 0 Å². The molecule has 45 heavy (non-hydrogen) atoms. The topological polar surface area (TPSA) is 105 Å². The van der Waals surface area contributed by atoms with E-state index in [2.05, 4.69) is 5.32 Å². The molecular weight excluding hydrogens is 568 g/mol. The molecule has 3 aromatic rings. The highest BCUT2D eigenvalue weighted by Crippen LogP contribution is 2.19. The van der Waals surface area contributed by atoms with Gasteiger partial charge in [0.05, 0.1) is 18.6 Å². The fourth-order valence-electron chi connectivity index (χ4n) is 5.23. The lowest BCUT2D eigenvalue weighted by molar-refractivity contribution is -0.145. The molecule has 0 saturated heterocycles. The fraction of sp³-hybridized carbons (Fsp3) is 0.378. The number of carbonyl (C=O) groups is 3. The van der Waals surface area contributed by atoms with Crippen molar-refractivity contribution < 1.29 is 29.0 Å². The number of hydrogen-bond donors (Lipinski definition) is 2. The number of esters is 1. The average Bonchev–Trinajstić information content (AvgIpc) is 3.06. The van der Waals surface area contributed by atoms with Gasteiger partial charge in [-0.05, 0) is 60.9 Å². The third-order valence-electron chi connectivity index (χ3n) is 7.77. The zero-order valence-electron chi connectivity index (χ0n) is 25.8. The van der Waals surface area contributed by atoms with Crippen LogP contribution in [0.2, 0.25) is 0 Å². The van der Waals surface area contributed by atoms with Crippen molar-refractivity contribution in [3.63, 3.8) is 0 Å². The van der Waals surface area contributed by atoms with Crippen molar-refractivity contribution in [2.45, 2.75) is 64.1 Å².